The van der Waals surface area contributed by atoms with Gasteiger partial charge < -0.3 is 9.97 Å². The van der Waals surface area contributed by atoms with Crippen LogP contribution in [0.25, 0.3) is 89.7 Å². The monoisotopic (exact) mass is 802 g/mol. The van der Waals surface area contributed by atoms with Crippen LogP contribution in [-0.2, 0) is 0 Å². The number of H-pyrrole nitrogens is 2. The molecule has 0 amide bonds. The lowest BCUT2D eigenvalue weighted by Gasteiger charge is -2.20. The molecular weight excluding hydrogens is 753 g/mol. The fraction of sp³-hybridized carbons (Fsp3) is 0.273. The quantitative estimate of drug-likeness (QED) is 0.172. The van der Waals surface area contributed by atoms with E-state index in [4.69, 9.17) is 29.9 Å². The third-order valence-electron chi connectivity index (χ3n) is 11.2. The Morgan fingerprint density at radius 1 is 0.339 bits per heavy atom. The van der Waals surface area contributed by atoms with Crippen molar-refractivity contribution in [3.05, 3.63) is 72.8 Å². The molecule has 282 valence electrons. The molecule has 56 heavy (non-hydrogen) atoms. The molecule has 8 bridgehead atoms. The topological polar surface area (TPSA) is 109 Å². The zero-order valence-corrected chi connectivity index (χ0v) is 38.6. The molecule has 9 rings (SSSR count). The van der Waals surface area contributed by atoms with Gasteiger partial charge in [-0.05, 0) is 20.7 Å². The van der Waals surface area contributed by atoms with E-state index in [1.807, 2.05) is 0 Å². The van der Waals surface area contributed by atoms with Gasteiger partial charge in [-0.3, -0.25) is 0 Å². The summed E-state index contributed by atoms with van der Waals surface area (Å²) in [4.78, 5) is 40.0. The lowest BCUT2D eigenvalue weighted by atomic mass is 10.1. The molecule has 7 aromatic rings. The largest absolute Gasteiger partial charge is 0.324 e. The Balaban J connectivity index is 1.55. The lowest BCUT2D eigenvalue weighted by Crippen LogP contribution is -2.39. The normalized spacial score (nSPS) is 13.4. The van der Waals surface area contributed by atoms with Crippen LogP contribution in [0.3, 0.4) is 0 Å². The van der Waals surface area contributed by atoms with Crippen LogP contribution in [0.2, 0.25) is 78.6 Å². The highest BCUT2D eigenvalue weighted by atomic mass is 28.3. The minimum atomic E-state index is -1.85. The van der Waals surface area contributed by atoms with Crippen molar-refractivity contribution in [2.75, 3.05) is 0 Å². The molecule has 2 aliphatic heterocycles. The molecule has 2 aliphatic rings. The maximum absolute atomic E-state index is 5.47. The summed E-state index contributed by atoms with van der Waals surface area (Å²) >= 11 is 0. The van der Waals surface area contributed by atoms with E-state index in [0.29, 0.717) is 23.3 Å². The van der Waals surface area contributed by atoms with Crippen LogP contribution >= 0.6 is 0 Å². The molecule has 8 nitrogen and oxygen atoms in total. The minimum Gasteiger partial charge on any atom is -0.324 e. The van der Waals surface area contributed by atoms with Gasteiger partial charge >= 0.3 is 0 Å². The number of fused-ring (bicyclic) bond motifs is 20. The van der Waals surface area contributed by atoms with Gasteiger partial charge in [-0.2, -0.15) is 0 Å². The summed E-state index contributed by atoms with van der Waals surface area (Å²) in [5, 5.41) is 9.58. The van der Waals surface area contributed by atoms with Crippen molar-refractivity contribution in [1.29, 1.82) is 0 Å². The van der Waals surface area contributed by atoms with Crippen LogP contribution in [0.15, 0.2) is 72.8 Å². The van der Waals surface area contributed by atoms with E-state index >= 15 is 0 Å². The number of hydrogen-bond donors (Lipinski definition) is 2. The first-order valence-corrected chi connectivity index (χ1v) is 33.7. The number of aromatic nitrogens is 8. The Morgan fingerprint density at radius 3 is 1.02 bits per heavy atom. The highest BCUT2D eigenvalue weighted by Crippen LogP contribution is 2.37. The smallest absolute Gasteiger partial charge is 0.164 e. The summed E-state index contributed by atoms with van der Waals surface area (Å²) < 4.78 is 0. The second-order valence-electron chi connectivity index (χ2n) is 19.5. The Bertz CT molecular complexity index is 2770. The molecule has 12 heteroatoms. The number of nitrogens with one attached hydrogen (secondary N) is 2. The fourth-order valence-electron chi connectivity index (χ4n) is 8.49. The minimum absolute atomic E-state index is 0.662. The van der Waals surface area contributed by atoms with E-state index in [0.717, 1.165) is 66.4 Å². The van der Waals surface area contributed by atoms with Gasteiger partial charge in [0.1, 0.15) is 22.6 Å². The number of hydrogen-bond acceptors (Lipinski definition) is 6. The Morgan fingerprint density at radius 2 is 0.661 bits per heavy atom. The molecule has 3 aromatic heterocycles. The van der Waals surface area contributed by atoms with Crippen LogP contribution in [0, 0.1) is 0 Å². The molecule has 0 spiro atoms. The number of aromatic amines is 2. The highest BCUT2D eigenvalue weighted by Gasteiger charge is 2.32. The number of benzene rings is 4. The average Bonchev–Trinajstić information content (AvgIpc) is 3.85. The van der Waals surface area contributed by atoms with Crippen molar-refractivity contribution in [2.45, 2.75) is 78.6 Å². The van der Waals surface area contributed by atoms with Crippen LogP contribution in [0.5, 0.6) is 0 Å². The molecule has 0 radical (unpaired) electrons. The molecule has 0 fully saturated rings. The van der Waals surface area contributed by atoms with E-state index in [1.165, 1.54) is 20.7 Å². The predicted octanol–water partition coefficient (Wildman–Crippen LogP) is 9.05. The number of rotatable bonds is 4. The van der Waals surface area contributed by atoms with E-state index in [9.17, 15) is 0 Å². The van der Waals surface area contributed by atoms with Crippen LogP contribution in [-0.4, -0.2) is 72.2 Å². The summed E-state index contributed by atoms with van der Waals surface area (Å²) in [6.07, 6.45) is 0. The molecular formula is C44H50N8Si4. The summed E-state index contributed by atoms with van der Waals surface area (Å²) in [7, 11) is -7.39. The van der Waals surface area contributed by atoms with E-state index < -0.39 is 32.3 Å². The van der Waals surface area contributed by atoms with E-state index in [1.54, 1.807) is 0 Å². The average molecular weight is 803 g/mol. The van der Waals surface area contributed by atoms with E-state index in [2.05, 4.69) is 161 Å². The zero-order valence-electron chi connectivity index (χ0n) is 34.6. The number of nitrogens with zero attached hydrogens (tertiary/aromatic N) is 6. The third-order valence-corrected chi connectivity index (χ3v) is 19.3. The molecule has 2 N–H and O–H groups in total. The molecule has 0 saturated heterocycles. The van der Waals surface area contributed by atoms with Gasteiger partial charge in [0.2, 0.25) is 0 Å². The standard InChI is InChI=1S/C44H50N8Si4/c1-53(2,3)29-21-13-17-25-33(29)41-45-37(25)50-42-35-27(19-15-23-31(35)55(7,8)9)39(47-42)52-44-36-28(20-16-24-32(36)56(10,11)12)40(48-44)51-43-34-26(38(46-43)49-41)18-14-22-30(34)54(4,5)6/h13-24H,1-12H3,(H2,45,46,47,48,49,50,51,52). The van der Waals surface area contributed by atoms with Crippen LogP contribution in [0.1, 0.15) is 0 Å². The van der Waals surface area contributed by atoms with Crippen molar-refractivity contribution >= 4 is 97.2 Å². The summed E-state index contributed by atoms with van der Waals surface area (Å²) in [6.45, 7) is 28.7. The fourth-order valence-corrected chi connectivity index (χ4v) is 14.9. The van der Waals surface area contributed by atoms with Crippen LogP contribution in [0.4, 0.5) is 0 Å². The molecule has 4 aromatic carbocycles. The predicted molar refractivity (Wildman–Crippen MR) is 248 cm³/mol. The highest BCUT2D eigenvalue weighted by molar-refractivity contribution is 6.92. The van der Waals surface area contributed by atoms with Crippen molar-refractivity contribution in [3.63, 3.8) is 0 Å². The maximum Gasteiger partial charge on any atom is 0.164 e. The molecule has 0 aliphatic carbocycles. The first-order valence-electron chi connectivity index (χ1n) is 19.7. The van der Waals surface area contributed by atoms with Gasteiger partial charge in [0.05, 0.1) is 32.3 Å². The van der Waals surface area contributed by atoms with Crippen molar-refractivity contribution < 1.29 is 0 Å². The molecule has 5 heterocycles. The zero-order chi connectivity index (χ0) is 39.7. The Hall–Kier alpha value is -4.89. The third kappa shape index (κ3) is 5.87. The Kier molecular flexibility index (Phi) is 8.07. The Labute approximate surface area is 332 Å². The summed E-state index contributed by atoms with van der Waals surface area (Å²) in [5.41, 5.74) is 7.22. The lowest BCUT2D eigenvalue weighted by molar-refractivity contribution is 1.19. The summed E-state index contributed by atoms with van der Waals surface area (Å²) in [6, 6.07) is 26.4. The molecule has 0 unspecified atom stereocenters. The molecule has 0 saturated carbocycles. The van der Waals surface area contributed by atoms with Gasteiger partial charge in [-0.1, -0.05) is 151 Å². The van der Waals surface area contributed by atoms with E-state index in [-0.39, 0.29) is 0 Å². The van der Waals surface area contributed by atoms with Gasteiger partial charge in [-0.15, -0.1) is 0 Å². The maximum atomic E-state index is 5.47. The SMILES string of the molecule is C[Si](C)(C)c1cccc2c1-c1nc-2nc2[nH]c(nc3nc(nc4[nH]c(n1)c1cccc([Si](C)(C)C)c41)-c1cccc([Si](C)(C)C)c1-3)c1cccc([Si](C)(C)C)c21. The van der Waals surface area contributed by atoms with Gasteiger partial charge in [-0.25, -0.2) is 29.9 Å². The van der Waals surface area contributed by atoms with Gasteiger partial charge in [0.15, 0.2) is 23.3 Å². The van der Waals surface area contributed by atoms with Gasteiger partial charge in [0, 0.05) is 43.8 Å². The van der Waals surface area contributed by atoms with Crippen molar-refractivity contribution in [1.82, 2.24) is 39.9 Å². The second kappa shape index (κ2) is 12.3. The van der Waals surface area contributed by atoms with Crippen molar-refractivity contribution in [2.24, 2.45) is 0 Å². The van der Waals surface area contributed by atoms with Gasteiger partial charge in [0.25, 0.3) is 0 Å². The first-order chi connectivity index (χ1) is 26.3. The van der Waals surface area contributed by atoms with Crippen LogP contribution < -0.4 is 20.7 Å². The first kappa shape index (κ1) is 36.7. The molecule has 0 atom stereocenters. The van der Waals surface area contributed by atoms with Crippen molar-refractivity contribution in [3.8, 4) is 45.6 Å². The second-order valence-corrected chi connectivity index (χ2v) is 39.7. The summed E-state index contributed by atoms with van der Waals surface area (Å²) in [5.74, 6) is 2.69.